The molecule has 0 aliphatic carbocycles. The van der Waals surface area contributed by atoms with E-state index < -0.39 is 0 Å². The van der Waals surface area contributed by atoms with E-state index in [1.54, 1.807) is 0 Å². The van der Waals surface area contributed by atoms with Crippen LogP contribution >= 0.6 is 0 Å². The lowest BCUT2D eigenvalue weighted by Crippen LogP contribution is -2.37. The van der Waals surface area contributed by atoms with Gasteiger partial charge in [0.1, 0.15) is 0 Å². The van der Waals surface area contributed by atoms with Crippen LogP contribution in [0.2, 0.25) is 0 Å². The highest BCUT2D eigenvalue weighted by molar-refractivity contribution is 5.92. The molecule has 1 aliphatic heterocycles. The summed E-state index contributed by atoms with van der Waals surface area (Å²) < 4.78 is 0. The van der Waals surface area contributed by atoms with E-state index in [1.807, 2.05) is 24.3 Å². The minimum absolute atomic E-state index is 0.364. The minimum atomic E-state index is -0.364. The molecule has 0 radical (unpaired) electrons. The maximum Gasteiger partial charge on any atom is 0.248 e. The van der Waals surface area contributed by atoms with Crippen LogP contribution < -0.4 is 11.1 Å². The molecular formula is C16H25N3O. The predicted octanol–water partition coefficient (Wildman–Crippen LogP) is 1.75. The van der Waals surface area contributed by atoms with E-state index in [1.165, 1.54) is 18.4 Å². The standard InChI is InChI=1S/C16H25N3O/c1-2-10-19(12-15-4-3-9-18-15)11-13-5-7-14(8-6-13)16(17)20/h5-8,15,18H,2-4,9-12H2,1H3,(H2,17,20). The lowest BCUT2D eigenvalue weighted by Gasteiger charge is -2.25. The number of nitrogens with two attached hydrogens (primary N) is 1. The van der Waals surface area contributed by atoms with Crippen molar-refractivity contribution in [3.8, 4) is 0 Å². The van der Waals surface area contributed by atoms with Crippen LogP contribution in [-0.4, -0.2) is 36.5 Å². The van der Waals surface area contributed by atoms with Crippen LogP contribution in [0.25, 0.3) is 0 Å². The number of nitrogens with one attached hydrogen (secondary N) is 1. The van der Waals surface area contributed by atoms with Crippen LogP contribution in [0.5, 0.6) is 0 Å². The molecule has 110 valence electrons. The van der Waals surface area contributed by atoms with E-state index in [0.29, 0.717) is 11.6 Å². The zero-order valence-electron chi connectivity index (χ0n) is 12.3. The Hall–Kier alpha value is -1.39. The molecule has 3 N–H and O–H groups in total. The van der Waals surface area contributed by atoms with E-state index in [9.17, 15) is 4.79 Å². The highest BCUT2D eigenvalue weighted by atomic mass is 16.1. The summed E-state index contributed by atoms with van der Waals surface area (Å²) >= 11 is 0. The molecule has 0 bridgehead atoms. The molecule has 4 nitrogen and oxygen atoms in total. The average molecular weight is 275 g/mol. The van der Waals surface area contributed by atoms with Crippen molar-refractivity contribution in [2.45, 2.75) is 38.8 Å². The number of carbonyl (C=O) groups is 1. The number of rotatable bonds is 7. The number of hydrogen-bond donors (Lipinski definition) is 2. The van der Waals surface area contributed by atoms with E-state index >= 15 is 0 Å². The van der Waals surface area contributed by atoms with E-state index in [2.05, 4.69) is 17.1 Å². The smallest absolute Gasteiger partial charge is 0.248 e. The van der Waals surface area contributed by atoms with Crippen LogP contribution in [-0.2, 0) is 6.54 Å². The molecule has 1 amide bonds. The Labute approximate surface area is 121 Å². The third-order valence-corrected chi connectivity index (χ3v) is 3.83. The molecular weight excluding hydrogens is 250 g/mol. The van der Waals surface area contributed by atoms with Gasteiger partial charge in [-0.2, -0.15) is 0 Å². The highest BCUT2D eigenvalue weighted by Gasteiger charge is 2.17. The number of amides is 1. The summed E-state index contributed by atoms with van der Waals surface area (Å²) in [5, 5.41) is 3.55. The van der Waals surface area contributed by atoms with Gasteiger partial charge in [0.15, 0.2) is 0 Å². The summed E-state index contributed by atoms with van der Waals surface area (Å²) in [7, 11) is 0. The molecule has 0 saturated carbocycles. The molecule has 1 saturated heterocycles. The summed E-state index contributed by atoms with van der Waals surface area (Å²) in [5.74, 6) is -0.364. The van der Waals surface area contributed by atoms with Crippen molar-refractivity contribution in [2.24, 2.45) is 5.73 Å². The summed E-state index contributed by atoms with van der Waals surface area (Å²) in [5.41, 5.74) is 7.08. The average Bonchev–Trinajstić information content (AvgIpc) is 2.92. The van der Waals surface area contributed by atoms with Gasteiger partial charge in [0, 0.05) is 24.7 Å². The summed E-state index contributed by atoms with van der Waals surface area (Å²) in [6, 6.07) is 8.27. The van der Waals surface area contributed by atoms with Crippen molar-refractivity contribution in [2.75, 3.05) is 19.6 Å². The Morgan fingerprint density at radius 3 is 2.70 bits per heavy atom. The molecule has 1 atom stereocenters. The maximum absolute atomic E-state index is 11.1. The van der Waals surface area contributed by atoms with Gasteiger partial charge in [-0.15, -0.1) is 0 Å². The zero-order valence-corrected chi connectivity index (χ0v) is 12.3. The van der Waals surface area contributed by atoms with Gasteiger partial charge >= 0.3 is 0 Å². The summed E-state index contributed by atoms with van der Waals surface area (Å²) in [6.45, 7) is 6.51. The van der Waals surface area contributed by atoms with Gasteiger partial charge in [0.05, 0.1) is 0 Å². The first-order valence-electron chi connectivity index (χ1n) is 7.53. The second kappa shape index (κ2) is 7.41. The molecule has 2 rings (SSSR count). The zero-order chi connectivity index (χ0) is 14.4. The number of primary amides is 1. The second-order valence-corrected chi connectivity index (χ2v) is 5.59. The van der Waals surface area contributed by atoms with Crippen molar-refractivity contribution < 1.29 is 4.79 Å². The van der Waals surface area contributed by atoms with Gasteiger partial charge < -0.3 is 11.1 Å². The number of carbonyl (C=O) groups excluding carboxylic acids is 1. The highest BCUT2D eigenvalue weighted by Crippen LogP contribution is 2.12. The van der Waals surface area contributed by atoms with Crippen LogP contribution in [0.15, 0.2) is 24.3 Å². The van der Waals surface area contributed by atoms with Crippen LogP contribution in [0.4, 0.5) is 0 Å². The van der Waals surface area contributed by atoms with Crippen molar-refractivity contribution >= 4 is 5.91 Å². The number of nitrogens with zero attached hydrogens (tertiary/aromatic N) is 1. The quantitative estimate of drug-likeness (QED) is 0.797. The molecule has 0 spiro atoms. The van der Waals surface area contributed by atoms with Gasteiger partial charge in [0.2, 0.25) is 5.91 Å². The van der Waals surface area contributed by atoms with Crippen molar-refractivity contribution in [3.05, 3.63) is 35.4 Å². The lowest BCUT2D eigenvalue weighted by atomic mass is 10.1. The first-order chi connectivity index (χ1) is 9.69. The molecule has 1 aromatic rings. The fourth-order valence-electron chi connectivity index (χ4n) is 2.81. The van der Waals surface area contributed by atoms with Crippen LogP contribution in [0.1, 0.15) is 42.1 Å². The molecule has 1 fully saturated rings. The Balaban J connectivity index is 1.93. The summed E-state index contributed by atoms with van der Waals surface area (Å²) in [6.07, 6.45) is 3.73. The maximum atomic E-state index is 11.1. The Morgan fingerprint density at radius 2 is 2.15 bits per heavy atom. The first kappa shape index (κ1) is 15.0. The van der Waals surface area contributed by atoms with Gasteiger partial charge in [-0.25, -0.2) is 0 Å². The fraction of sp³-hybridized carbons (Fsp3) is 0.562. The molecule has 1 aliphatic rings. The van der Waals surface area contributed by atoms with Crippen LogP contribution in [0, 0.1) is 0 Å². The molecule has 20 heavy (non-hydrogen) atoms. The summed E-state index contributed by atoms with van der Waals surface area (Å²) in [4.78, 5) is 13.6. The van der Waals surface area contributed by atoms with Crippen molar-refractivity contribution in [1.82, 2.24) is 10.2 Å². The molecule has 4 heteroatoms. The fourth-order valence-corrected chi connectivity index (χ4v) is 2.81. The first-order valence-corrected chi connectivity index (χ1v) is 7.53. The van der Waals surface area contributed by atoms with E-state index in [-0.39, 0.29) is 5.91 Å². The van der Waals surface area contributed by atoms with E-state index in [4.69, 9.17) is 5.73 Å². The topological polar surface area (TPSA) is 58.4 Å². The van der Waals surface area contributed by atoms with Gasteiger partial charge in [-0.1, -0.05) is 19.1 Å². The molecule has 1 aromatic carbocycles. The lowest BCUT2D eigenvalue weighted by molar-refractivity contribution is 0.100. The number of benzene rings is 1. The van der Waals surface area contributed by atoms with Gasteiger partial charge in [-0.05, 0) is 50.0 Å². The monoisotopic (exact) mass is 275 g/mol. The molecule has 0 aromatic heterocycles. The molecule has 1 unspecified atom stereocenters. The largest absolute Gasteiger partial charge is 0.366 e. The van der Waals surface area contributed by atoms with Gasteiger partial charge in [0.25, 0.3) is 0 Å². The molecule has 1 heterocycles. The third kappa shape index (κ3) is 4.32. The van der Waals surface area contributed by atoms with Gasteiger partial charge in [-0.3, -0.25) is 9.69 Å². The second-order valence-electron chi connectivity index (χ2n) is 5.59. The Kier molecular flexibility index (Phi) is 5.56. The number of hydrogen-bond acceptors (Lipinski definition) is 3. The van der Waals surface area contributed by atoms with E-state index in [0.717, 1.165) is 32.6 Å². The normalized spacial score (nSPS) is 18.6. The minimum Gasteiger partial charge on any atom is -0.366 e. The Morgan fingerprint density at radius 1 is 1.40 bits per heavy atom. The third-order valence-electron chi connectivity index (χ3n) is 3.83. The Bertz CT molecular complexity index is 424. The van der Waals surface area contributed by atoms with Crippen molar-refractivity contribution in [3.63, 3.8) is 0 Å². The predicted molar refractivity (Wildman–Crippen MR) is 81.6 cm³/mol. The van der Waals surface area contributed by atoms with Crippen molar-refractivity contribution in [1.29, 1.82) is 0 Å². The van der Waals surface area contributed by atoms with Crippen LogP contribution in [0.3, 0.4) is 0 Å². The SMILES string of the molecule is CCCN(Cc1ccc(C(N)=O)cc1)CC1CCCN1.